The molecule has 0 heterocycles. The van der Waals surface area contributed by atoms with E-state index < -0.39 is 0 Å². The predicted molar refractivity (Wildman–Crippen MR) is 57.7 cm³/mol. The Bertz CT molecular complexity index is 115. The Morgan fingerprint density at radius 1 is 1.27 bits per heavy atom. The van der Waals surface area contributed by atoms with Gasteiger partial charge < -0.3 is 0 Å². The molecule has 0 aromatic rings. The quantitative estimate of drug-likeness (QED) is 0.522. The van der Waals surface area contributed by atoms with Gasteiger partial charge in [0.1, 0.15) is 0 Å². The van der Waals surface area contributed by atoms with Gasteiger partial charge in [0.2, 0.25) is 0 Å². The van der Waals surface area contributed by atoms with E-state index in [1.165, 1.54) is 31.4 Å². The summed E-state index contributed by atoms with van der Waals surface area (Å²) >= 11 is 6.21. The maximum atomic E-state index is 4.11. The minimum absolute atomic E-state index is 0.880. The van der Waals surface area contributed by atoms with E-state index in [0.29, 0.717) is 0 Å². The van der Waals surface area contributed by atoms with Crippen LogP contribution in [0.1, 0.15) is 25.7 Å². The van der Waals surface area contributed by atoms with Gasteiger partial charge in [0.05, 0.1) is 0 Å². The average Bonchev–Trinajstić information content (AvgIpc) is 2.50. The standard InChI is InChI=1S/C9H16S2/c10-7-3-4-8-11-9-5-1-2-6-9/h3-4,9-10H,1-2,5-8H2. The summed E-state index contributed by atoms with van der Waals surface area (Å²) in [7, 11) is 0. The zero-order valence-electron chi connectivity index (χ0n) is 6.83. The van der Waals surface area contributed by atoms with Crippen LogP contribution in [0.4, 0.5) is 0 Å². The molecular weight excluding hydrogens is 172 g/mol. The van der Waals surface area contributed by atoms with Crippen LogP contribution in [-0.2, 0) is 0 Å². The predicted octanol–water partition coefficient (Wildman–Crippen LogP) is 3.15. The highest BCUT2D eigenvalue weighted by molar-refractivity contribution is 8.00. The second-order valence-corrected chi connectivity index (χ2v) is 4.59. The van der Waals surface area contributed by atoms with Crippen molar-refractivity contribution in [3.05, 3.63) is 12.2 Å². The lowest BCUT2D eigenvalue weighted by Gasteiger charge is -2.04. The molecule has 0 spiro atoms. The molecular formula is C9H16S2. The first kappa shape index (κ1) is 9.53. The van der Waals surface area contributed by atoms with Crippen LogP contribution >= 0.6 is 24.4 Å². The third-order valence-corrected chi connectivity index (χ3v) is 3.54. The van der Waals surface area contributed by atoms with Crippen molar-refractivity contribution in [1.29, 1.82) is 0 Å². The highest BCUT2D eigenvalue weighted by Gasteiger charge is 2.13. The smallest absolute Gasteiger partial charge is 0.0116 e. The zero-order valence-corrected chi connectivity index (χ0v) is 8.54. The fourth-order valence-corrected chi connectivity index (χ4v) is 2.72. The van der Waals surface area contributed by atoms with Crippen LogP contribution in [0.2, 0.25) is 0 Å². The van der Waals surface area contributed by atoms with Crippen LogP contribution in [0.25, 0.3) is 0 Å². The van der Waals surface area contributed by atoms with E-state index in [4.69, 9.17) is 0 Å². The number of hydrogen-bond acceptors (Lipinski definition) is 2. The van der Waals surface area contributed by atoms with Gasteiger partial charge in [-0.3, -0.25) is 0 Å². The summed E-state index contributed by atoms with van der Waals surface area (Å²) in [5, 5.41) is 0.958. The van der Waals surface area contributed by atoms with Crippen molar-refractivity contribution >= 4 is 24.4 Å². The van der Waals surface area contributed by atoms with E-state index in [1.807, 2.05) is 0 Å². The van der Waals surface area contributed by atoms with Crippen molar-refractivity contribution in [2.75, 3.05) is 11.5 Å². The van der Waals surface area contributed by atoms with Gasteiger partial charge in [0.25, 0.3) is 0 Å². The van der Waals surface area contributed by atoms with Gasteiger partial charge in [-0.05, 0) is 12.8 Å². The lowest BCUT2D eigenvalue weighted by Crippen LogP contribution is -1.93. The molecule has 2 heteroatoms. The third-order valence-electron chi connectivity index (χ3n) is 2.00. The molecule has 0 nitrogen and oxygen atoms in total. The summed E-state index contributed by atoms with van der Waals surface area (Å²) in [6.07, 6.45) is 10.2. The number of thiol groups is 1. The molecule has 0 unspecified atom stereocenters. The first-order valence-corrected chi connectivity index (χ1v) is 5.99. The second-order valence-electron chi connectivity index (χ2n) is 2.89. The molecule has 64 valence electrons. The van der Waals surface area contributed by atoms with Crippen LogP contribution < -0.4 is 0 Å². The minimum Gasteiger partial charge on any atom is -0.175 e. The zero-order chi connectivity index (χ0) is 7.94. The lowest BCUT2D eigenvalue weighted by atomic mass is 10.4. The normalized spacial score (nSPS) is 20.1. The van der Waals surface area contributed by atoms with Gasteiger partial charge in [0, 0.05) is 16.8 Å². The molecule has 0 atom stereocenters. The van der Waals surface area contributed by atoms with E-state index in [9.17, 15) is 0 Å². The Morgan fingerprint density at radius 2 is 2.00 bits per heavy atom. The topological polar surface area (TPSA) is 0 Å². The van der Waals surface area contributed by atoms with Crippen molar-refractivity contribution in [3.8, 4) is 0 Å². The molecule has 1 saturated carbocycles. The summed E-state index contributed by atoms with van der Waals surface area (Å²) < 4.78 is 0. The summed E-state index contributed by atoms with van der Waals surface area (Å²) in [4.78, 5) is 0. The lowest BCUT2D eigenvalue weighted by molar-refractivity contribution is 0.886. The van der Waals surface area contributed by atoms with Crippen LogP contribution in [0.15, 0.2) is 12.2 Å². The Labute approximate surface area is 79.2 Å². The Hall–Kier alpha value is 0.440. The fraction of sp³-hybridized carbons (Fsp3) is 0.778. The molecule has 0 aromatic carbocycles. The Balaban J connectivity index is 1.97. The summed E-state index contributed by atoms with van der Waals surface area (Å²) in [5.74, 6) is 2.07. The number of thioether (sulfide) groups is 1. The number of rotatable bonds is 4. The number of hydrogen-bond donors (Lipinski definition) is 1. The van der Waals surface area contributed by atoms with Crippen molar-refractivity contribution < 1.29 is 0 Å². The Kier molecular flexibility index (Phi) is 5.21. The fourth-order valence-electron chi connectivity index (χ4n) is 1.39. The van der Waals surface area contributed by atoms with Crippen molar-refractivity contribution in [3.63, 3.8) is 0 Å². The van der Waals surface area contributed by atoms with Gasteiger partial charge in [-0.15, -0.1) is 0 Å². The van der Waals surface area contributed by atoms with Crippen LogP contribution in [0.5, 0.6) is 0 Å². The maximum absolute atomic E-state index is 4.11. The first-order chi connectivity index (χ1) is 5.43. The van der Waals surface area contributed by atoms with Crippen molar-refractivity contribution in [2.45, 2.75) is 30.9 Å². The molecule has 0 N–H and O–H groups in total. The molecule has 1 rings (SSSR count). The third kappa shape index (κ3) is 4.12. The second kappa shape index (κ2) is 6.01. The monoisotopic (exact) mass is 188 g/mol. The van der Waals surface area contributed by atoms with Crippen LogP contribution in [0, 0.1) is 0 Å². The molecule has 1 aliphatic rings. The molecule has 1 fully saturated rings. The summed E-state index contributed by atoms with van der Waals surface area (Å²) in [5.41, 5.74) is 0. The summed E-state index contributed by atoms with van der Waals surface area (Å²) in [6, 6.07) is 0. The SMILES string of the molecule is SCC=CCSC1CCCC1. The van der Waals surface area contributed by atoms with E-state index in [1.54, 1.807) is 0 Å². The van der Waals surface area contributed by atoms with Crippen LogP contribution in [-0.4, -0.2) is 16.8 Å². The highest BCUT2D eigenvalue weighted by Crippen LogP contribution is 2.29. The molecule has 0 saturated heterocycles. The summed E-state index contributed by atoms with van der Waals surface area (Å²) in [6.45, 7) is 0. The van der Waals surface area contributed by atoms with E-state index >= 15 is 0 Å². The van der Waals surface area contributed by atoms with Gasteiger partial charge in [-0.1, -0.05) is 25.0 Å². The minimum atomic E-state index is 0.880. The first-order valence-electron chi connectivity index (χ1n) is 4.31. The van der Waals surface area contributed by atoms with Crippen LogP contribution in [0.3, 0.4) is 0 Å². The van der Waals surface area contributed by atoms with E-state index in [-0.39, 0.29) is 0 Å². The van der Waals surface area contributed by atoms with Crippen molar-refractivity contribution in [2.24, 2.45) is 0 Å². The van der Waals surface area contributed by atoms with Crippen molar-refractivity contribution in [1.82, 2.24) is 0 Å². The van der Waals surface area contributed by atoms with Gasteiger partial charge in [-0.25, -0.2) is 0 Å². The molecule has 1 aliphatic carbocycles. The van der Waals surface area contributed by atoms with E-state index in [0.717, 1.165) is 11.0 Å². The van der Waals surface area contributed by atoms with E-state index in [2.05, 4.69) is 36.5 Å². The van der Waals surface area contributed by atoms with Gasteiger partial charge in [0.15, 0.2) is 0 Å². The van der Waals surface area contributed by atoms with Gasteiger partial charge >= 0.3 is 0 Å². The highest BCUT2D eigenvalue weighted by atomic mass is 32.2. The average molecular weight is 188 g/mol. The molecule has 0 amide bonds. The molecule has 0 radical (unpaired) electrons. The molecule has 0 aromatic heterocycles. The molecule has 11 heavy (non-hydrogen) atoms. The van der Waals surface area contributed by atoms with Gasteiger partial charge in [-0.2, -0.15) is 24.4 Å². The largest absolute Gasteiger partial charge is 0.175 e. The maximum Gasteiger partial charge on any atom is 0.0116 e. The molecule has 0 aliphatic heterocycles. The Morgan fingerprint density at radius 3 is 2.64 bits per heavy atom. The molecule has 0 bridgehead atoms.